The maximum atomic E-state index is 12.5. The van der Waals surface area contributed by atoms with E-state index in [0.717, 1.165) is 34.9 Å². The highest BCUT2D eigenvalue weighted by Gasteiger charge is 2.23. The van der Waals surface area contributed by atoms with Gasteiger partial charge in [0, 0.05) is 20.0 Å². The first-order chi connectivity index (χ1) is 12.4. The number of fused-ring (bicyclic) bond motifs is 1. The summed E-state index contributed by atoms with van der Waals surface area (Å²) in [7, 11) is 1.91. The van der Waals surface area contributed by atoms with Gasteiger partial charge in [0.25, 0.3) is 0 Å². The topological polar surface area (TPSA) is 86.0 Å². The molecular formula is C17H26N6O2S. The number of hydrogen-bond donors (Lipinski definition) is 2. The van der Waals surface area contributed by atoms with Gasteiger partial charge < -0.3 is 10.1 Å². The van der Waals surface area contributed by atoms with Crippen LogP contribution >= 0.6 is 11.9 Å². The number of rotatable bonds is 5. The maximum absolute atomic E-state index is 12.5. The van der Waals surface area contributed by atoms with E-state index in [1.165, 1.54) is 11.9 Å². The largest absolute Gasteiger partial charge is 0.477 e. The van der Waals surface area contributed by atoms with E-state index >= 15 is 0 Å². The van der Waals surface area contributed by atoms with Crippen molar-refractivity contribution in [1.29, 1.82) is 0 Å². The van der Waals surface area contributed by atoms with Gasteiger partial charge in [0.1, 0.15) is 4.90 Å². The van der Waals surface area contributed by atoms with Gasteiger partial charge in [-0.15, -0.1) is 0 Å². The van der Waals surface area contributed by atoms with Crippen LogP contribution in [-0.2, 0) is 13.6 Å². The zero-order chi connectivity index (χ0) is 18.8. The minimum atomic E-state index is -0.289. The lowest BCUT2D eigenvalue weighted by Gasteiger charge is -2.16. The van der Waals surface area contributed by atoms with Crippen molar-refractivity contribution in [3.05, 3.63) is 17.6 Å². The van der Waals surface area contributed by atoms with E-state index in [-0.39, 0.29) is 17.9 Å². The van der Waals surface area contributed by atoms with Crippen molar-refractivity contribution >= 4 is 23.7 Å². The smallest absolute Gasteiger partial charge is 0.329 e. The van der Waals surface area contributed by atoms with Crippen molar-refractivity contribution in [3.63, 3.8) is 0 Å². The number of nitrogens with zero attached hydrogens (tertiary/aromatic N) is 4. The SMILES string of the molecule is CC(C)c1nn(C)c(C(C)C)c1NC(=O)NSc1cnn2c1OCCC2. The molecule has 0 aromatic carbocycles. The number of ether oxygens (including phenoxy) is 1. The number of hydrogen-bond acceptors (Lipinski definition) is 5. The van der Waals surface area contributed by atoms with Crippen LogP contribution in [-0.4, -0.2) is 32.2 Å². The Hall–Kier alpha value is -2.16. The molecule has 0 bridgehead atoms. The number of anilines is 1. The number of aromatic nitrogens is 4. The van der Waals surface area contributed by atoms with Gasteiger partial charge in [-0.25, -0.2) is 9.48 Å². The third kappa shape index (κ3) is 3.67. The van der Waals surface area contributed by atoms with Gasteiger partial charge in [0.2, 0.25) is 5.88 Å². The molecule has 3 rings (SSSR count). The van der Waals surface area contributed by atoms with E-state index in [9.17, 15) is 4.79 Å². The van der Waals surface area contributed by atoms with Crippen LogP contribution in [0.3, 0.4) is 0 Å². The fraction of sp³-hybridized carbons (Fsp3) is 0.588. The molecule has 0 saturated heterocycles. The minimum Gasteiger partial charge on any atom is -0.477 e. The fourth-order valence-electron chi connectivity index (χ4n) is 3.11. The third-order valence-electron chi connectivity index (χ3n) is 4.22. The van der Waals surface area contributed by atoms with Crippen LogP contribution in [0, 0.1) is 0 Å². The average molecular weight is 379 g/mol. The van der Waals surface area contributed by atoms with Crippen LogP contribution in [0.25, 0.3) is 0 Å². The highest BCUT2D eigenvalue weighted by Crippen LogP contribution is 2.33. The molecule has 0 spiro atoms. The molecule has 142 valence electrons. The Morgan fingerprint density at radius 3 is 2.77 bits per heavy atom. The quantitative estimate of drug-likeness (QED) is 0.778. The zero-order valence-electron chi connectivity index (χ0n) is 15.9. The summed E-state index contributed by atoms with van der Waals surface area (Å²) >= 11 is 1.21. The number of amides is 2. The monoisotopic (exact) mass is 378 g/mol. The molecule has 1 aliphatic heterocycles. The minimum absolute atomic E-state index is 0.216. The molecule has 0 aliphatic carbocycles. The Bertz CT molecular complexity index is 796. The lowest BCUT2D eigenvalue weighted by molar-refractivity contribution is 0.225. The summed E-state index contributed by atoms with van der Waals surface area (Å²) in [6.45, 7) is 9.84. The van der Waals surface area contributed by atoms with E-state index in [0.29, 0.717) is 12.5 Å². The van der Waals surface area contributed by atoms with Crippen LogP contribution in [0.5, 0.6) is 5.88 Å². The van der Waals surface area contributed by atoms with Crippen LogP contribution in [0.15, 0.2) is 11.1 Å². The van der Waals surface area contributed by atoms with Gasteiger partial charge in [0.05, 0.1) is 29.9 Å². The molecule has 0 radical (unpaired) electrons. The predicted octanol–water partition coefficient (Wildman–Crippen LogP) is 3.47. The van der Waals surface area contributed by atoms with Crippen molar-refractivity contribution in [2.75, 3.05) is 11.9 Å². The zero-order valence-corrected chi connectivity index (χ0v) is 16.7. The number of carbonyl (C=O) groups excluding carboxylic acids is 1. The van der Waals surface area contributed by atoms with Crippen molar-refractivity contribution in [2.24, 2.45) is 7.05 Å². The van der Waals surface area contributed by atoms with Crippen molar-refractivity contribution in [1.82, 2.24) is 24.3 Å². The first-order valence-corrected chi connectivity index (χ1v) is 9.69. The van der Waals surface area contributed by atoms with Crippen LogP contribution < -0.4 is 14.8 Å². The van der Waals surface area contributed by atoms with Crippen molar-refractivity contribution in [3.8, 4) is 5.88 Å². The Labute approximate surface area is 157 Å². The fourth-order valence-corrected chi connectivity index (χ4v) is 3.71. The maximum Gasteiger partial charge on any atom is 0.329 e. The summed E-state index contributed by atoms with van der Waals surface area (Å²) < 4.78 is 12.1. The summed E-state index contributed by atoms with van der Waals surface area (Å²) in [5.41, 5.74) is 2.70. The second-order valence-electron chi connectivity index (χ2n) is 6.98. The van der Waals surface area contributed by atoms with Gasteiger partial charge in [-0.1, -0.05) is 27.7 Å². The predicted molar refractivity (Wildman–Crippen MR) is 102 cm³/mol. The molecule has 2 amide bonds. The molecule has 9 heteroatoms. The van der Waals surface area contributed by atoms with Gasteiger partial charge in [-0.3, -0.25) is 9.40 Å². The van der Waals surface area contributed by atoms with E-state index in [1.54, 1.807) is 6.20 Å². The second kappa shape index (κ2) is 7.61. The number of aryl methyl sites for hydroxylation is 2. The molecule has 26 heavy (non-hydrogen) atoms. The van der Waals surface area contributed by atoms with Crippen molar-refractivity contribution in [2.45, 2.75) is 57.4 Å². The van der Waals surface area contributed by atoms with Gasteiger partial charge >= 0.3 is 6.03 Å². The molecule has 0 saturated carbocycles. The Morgan fingerprint density at radius 1 is 1.31 bits per heavy atom. The normalized spacial score (nSPS) is 13.7. The second-order valence-corrected chi connectivity index (χ2v) is 7.82. The number of urea groups is 1. The Kier molecular flexibility index (Phi) is 5.45. The van der Waals surface area contributed by atoms with Crippen LogP contribution in [0.1, 0.15) is 57.3 Å². The lowest BCUT2D eigenvalue weighted by atomic mass is 10.0. The summed E-state index contributed by atoms with van der Waals surface area (Å²) in [5, 5.41) is 11.9. The van der Waals surface area contributed by atoms with Crippen LogP contribution in [0.4, 0.5) is 10.5 Å². The molecule has 3 heterocycles. The first kappa shape index (κ1) is 18.6. The van der Waals surface area contributed by atoms with E-state index in [2.05, 4.69) is 47.9 Å². The number of nitrogens with one attached hydrogen (secondary N) is 2. The molecule has 2 aromatic rings. The van der Waals surface area contributed by atoms with E-state index in [1.807, 2.05) is 16.4 Å². The molecular weight excluding hydrogens is 352 g/mol. The molecule has 8 nitrogen and oxygen atoms in total. The molecule has 0 fully saturated rings. The first-order valence-electron chi connectivity index (χ1n) is 8.87. The summed E-state index contributed by atoms with van der Waals surface area (Å²) in [6.07, 6.45) is 2.67. The molecule has 1 aliphatic rings. The Balaban J connectivity index is 1.71. The molecule has 2 aromatic heterocycles. The highest BCUT2D eigenvalue weighted by atomic mass is 32.2. The molecule has 0 unspecified atom stereocenters. The van der Waals surface area contributed by atoms with Gasteiger partial charge in [-0.2, -0.15) is 10.2 Å². The lowest BCUT2D eigenvalue weighted by Crippen LogP contribution is -2.24. The van der Waals surface area contributed by atoms with Crippen LogP contribution in [0.2, 0.25) is 0 Å². The van der Waals surface area contributed by atoms with Gasteiger partial charge in [0.15, 0.2) is 0 Å². The molecule has 0 atom stereocenters. The summed E-state index contributed by atoms with van der Waals surface area (Å²) in [4.78, 5) is 13.3. The average Bonchev–Trinajstić information content (AvgIpc) is 3.14. The highest BCUT2D eigenvalue weighted by molar-refractivity contribution is 7.98. The van der Waals surface area contributed by atoms with E-state index in [4.69, 9.17) is 4.74 Å². The summed E-state index contributed by atoms with van der Waals surface area (Å²) in [5.74, 6) is 1.18. The van der Waals surface area contributed by atoms with Gasteiger partial charge in [-0.05, 0) is 23.8 Å². The third-order valence-corrected chi connectivity index (χ3v) is 5.00. The molecule has 2 N–H and O–H groups in total. The standard InChI is InChI=1S/C17H26N6O2S/c1-10(2)13-14(15(11(3)4)22(5)20-13)19-17(24)21-26-12-9-18-23-7-6-8-25-16(12)23/h9-11H,6-8H2,1-5H3,(H2,19,21,24). The number of carbonyl (C=O) groups is 1. The summed E-state index contributed by atoms with van der Waals surface area (Å²) in [6, 6.07) is -0.289. The van der Waals surface area contributed by atoms with Crippen molar-refractivity contribution < 1.29 is 9.53 Å². The van der Waals surface area contributed by atoms with E-state index < -0.39 is 0 Å². The Morgan fingerprint density at radius 2 is 2.08 bits per heavy atom.